The fourth-order valence-corrected chi connectivity index (χ4v) is 2.35. The van der Waals surface area contributed by atoms with Crippen LogP contribution in [0.4, 0.5) is 5.82 Å². The number of fused-ring (bicyclic) bond motifs is 1. The number of nitrogens with one attached hydrogen (secondary N) is 1. The Labute approximate surface area is 116 Å². The fourth-order valence-electron chi connectivity index (χ4n) is 2.35. The molecule has 7 heteroatoms. The van der Waals surface area contributed by atoms with Crippen molar-refractivity contribution in [3.05, 3.63) is 20.8 Å². The Hall–Kier alpha value is -2.05. The molecule has 0 fully saturated rings. The SMILES string of the molecule is CCCn1c(=O)c2c(N(C)C)n[nH]c2n(CCC)c1=O. The Bertz CT molecular complexity index is 723. The number of anilines is 1. The summed E-state index contributed by atoms with van der Waals surface area (Å²) in [5.41, 5.74) is -0.0188. The summed E-state index contributed by atoms with van der Waals surface area (Å²) in [6.07, 6.45) is 1.55. The van der Waals surface area contributed by atoms with E-state index >= 15 is 0 Å². The lowest BCUT2D eigenvalue weighted by Gasteiger charge is -2.12. The summed E-state index contributed by atoms with van der Waals surface area (Å²) in [5.74, 6) is 0.569. The number of aromatic amines is 1. The van der Waals surface area contributed by atoms with E-state index in [-0.39, 0.29) is 11.2 Å². The van der Waals surface area contributed by atoms with Crippen LogP contribution in [0.2, 0.25) is 0 Å². The van der Waals surface area contributed by atoms with Crippen molar-refractivity contribution < 1.29 is 0 Å². The molecule has 0 aliphatic rings. The maximum Gasteiger partial charge on any atom is 0.332 e. The largest absolute Gasteiger partial charge is 0.361 e. The number of hydrogen-bond donors (Lipinski definition) is 1. The second-order valence-corrected chi connectivity index (χ2v) is 5.06. The number of aromatic nitrogens is 4. The van der Waals surface area contributed by atoms with Crippen LogP contribution >= 0.6 is 0 Å². The van der Waals surface area contributed by atoms with Crippen LogP contribution in [0.25, 0.3) is 11.0 Å². The van der Waals surface area contributed by atoms with Gasteiger partial charge in [0, 0.05) is 27.2 Å². The minimum atomic E-state index is -0.267. The van der Waals surface area contributed by atoms with Gasteiger partial charge >= 0.3 is 5.69 Å². The Morgan fingerprint density at radius 1 is 1.10 bits per heavy atom. The average molecular weight is 279 g/mol. The number of nitrogens with zero attached hydrogens (tertiary/aromatic N) is 4. The van der Waals surface area contributed by atoms with Gasteiger partial charge < -0.3 is 4.90 Å². The van der Waals surface area contributed by atoms with Gasteiger partial charge in [-0.1, -0.05) is 13.8 Å². The van der Waals surface area contributed by atoms with E-state index in [1.807, 2.05) is 27.9 Å². The molecular formula is C13H21N5O2. The number of H-pyrrole nitrogens is 1. The van der Waals surface area contributed by atoms with Crippen LogP contribution < -0.4 is 16.1 Å². The van der Waals surface area contributed by atoms with Crippen molar-refractivity contribution in [2.75, 3.05) is 19.0 Å². The van der Waals surface area contributed by atoms with Gasteiger partial charge in [-0.3, -0.25) is 19.0 Å². The normalized spacial score (nSPS) is 11.2. The van der Waals surface area contributed by atoms with Gasteiger partial charge in [0.15, 0.2) is 5.82 Å². The molecule has 1 N–H and O–H groups in total. The summed E-state index contributed by atoms with van der Waals surface area (Å²) in [6.45, 7) is 4.93. The molecule has 0 spiro atoms. The molecule has 0 atom stereocenters. The van der Waals surface area contributed by atoms with Gasteiger partial charge in [-0.05, 0) is 12.8 Å². The number of hydrogen-bond acceptors (Lipinski definition) is 4. The fraction of sp³-hybridized carbons (Fsp3) is 0.615. The highest BCUT2D eigenvalue weighted by Crippen LogP contribution is 2.17. The van der Waals surface area contributed by atoms with Gasteiger partial charge in [-0.2, -0.15) is 5.10 Å². The van der Waals surface area contributed by atoms with Crippen LogP contribution in [-0.4, -0.2) is 33.4 Å². The van der Waals surface area contributed by atoms with Crippen LogP contribution in [0.15, 0.2) is 9.59 Å². The van der Waals surface area contributed by atoms with E-state index in [0.717, 1.165) is 12.8 Å². The molecule has 2 aromatic heterocycles. The standard InChI is InChI=1S/C13H21N5O2/c1-5-7-17-11-9(10(14-15-11)16(3)4)12(19)18(8-6-2)13(17)20/h5-8H2,1-4H3,(H,14,15). The molecule has 0 aromatic carbocycles. The summed E-state index contributed by atoms with van der Waals surface area (Å²) in [7, 11) is 3.66. The van der Waals surface area contributed by atoms with Gasteiger partial charge in [-0.25, -0.2) is 4.79 Å². The first-order valence-electron chi connectivity index (χ1n) is 6.91. The Morgan fingerprint density at radius 3 is 2.25 bits per heavy atom. The van der Waals surface area contributed by atoms with E-state index in [1.54, 1.807) is 9.47 Å². The summed E-state index contributed by atoms with van der Waals surface area (Å²) in [4.78, 5) is 26.7. The molecule has 7 nitrogen and oxygen atoms in total. The van der Waals surface area contributed by atoms with E-state index in [9.17, 15) is 9.59 Å². The first-order chi connectivity index (χ1) is 9.52. The van der Waals surface area contributed by atoms with E-state index in [1.165, 1.54) is 4.57 Å². The minimum Gasteiger partial charge on any atom is -0.361 e. The van der Waals surface area contributed by atoms with Crippen LogP contribution in [-0.2, 0) is 13.1 Å². The second kappa shape index (κ2) is 5.52. The van der Waals surface area contributed by atoms with E-state index in [2.05, 4.69) is 10.2 Å². The quantitative estimate of drug-likeness (QED) is 0.877. The molecule has 0 radical (unpaired) electrons. The predicted molar refractivity (Wildman–Crippen MR) is 79.5 cm³/mol. The summed E-state index contributed by atoms with van der Waals surface area (Å²) >= 11 is 0. The van der Waals surface area contributed by atoms with E-state index in [4.69, 9.17) is 0 Å². The zero-order chi connectivity index (χ0) is 14.9. The molecule has 2 rings (SSSR count). The molecule has 2 aromatic rings. The topological polar surface area (TPSA) is 75.9 Å². The van der Waals surface area contributed by atoms with Crippen molar-refractivity contribution in [2.45, 2.75) is 39.8 Å². The first kappa shape index (κ1) is 14.4. The monoisotopic (exact) mass is 279 g/mol. The lowest BCUT2D eigenvalue weighted by molar-refractivity contribution is 0.555. The first-order valence-corrected chi connectivity index (χ1v) is 6.91. The summed E-state index contributed by atoms with van der Waals surface area (Å²) < 4.78 is 2.91. The van der Waals surface area contributed by atoms with Gasteiger partial charge in [0.1, 0.15) is 11.0 Å². The van der Waals surface area contributed by atoms with E-state index < -0.39 is 0 Å². The van der Waals surface area contributed by atoms with Gasteiger partial charge in [0.05, 0.1) is 0 Å². The smallest absolute Gasteiger partial charge is 0.332 e. The maximum atomic E-state index is 12.5. The highest BCUT2D eigenvalue weighted by molar-refractivity contribution is 5.86. The van der Waals surface area contributed by atoms with Crippen LogP contribution in [0.3, 0.4) is 0 Å². The number of aryl methyl sites for hydroxylation is 1. The van der Waals surface area contributed by atoms with Gasteiger partial charge in [0.25, 0.3) is 5.56 Å². The molecule has 0 amide bonds. The van der Waals surface area contributed by atoms with Crippen molar-refractivity contribution in [2.24, 2.45) is 0 Å². The summed E-state index contributed by atoms with van der Waals surface area (Å²) in [5, 5.41) is 7.48. The lowest BCUT2D eigenvalue weighted by atomic mass is 10.3. The highest BCUT2D eigenvalue weighted by Gasteiger charge is 2.19. The van der Waals surface area contributed by atoms with Crippen LogP contribution in [0, 0.1) is 0 Å². The molecule has 110 valence electrons. The zero-order valence-electron chi connectivity index (χ0n) is 12.4. The predicted octanol–water partition coefficient (Wildman–Crippen LogP) is 0.772. The third kappa shape index (κ3) is 2.13. The molecular weight excluding hydrogens is 258 g/mol. The third-order valence-electron chi connectivity index (χ3n) is 3.24. The molecule has 0 aliphatic carbocycles. The van der Waals surface area contributed by atoms with Crippen molar-refractivity contribution >= 4 is 16.9 Å². The maximum absolute atomic E-state index is 12.5. The summed E-state index contributed by atoms with van der Waals surface area (Å²) in [6, 6.07) is 0. The molecule has 0 aliphatic heterocycles. The molecule has 20 heavy (non-hydrogen) atoms. The molecule has 0 bridgehead atoms. The Balaban J connectivity index is 2.90. The molecule has 0 unspecified atom stereocenters. The highest BCUT2D eigenvalue weighted by atomic mass is 16.2. The lowest BCUT2D eigenvalue weighted by Crippen LogP contribution is -2.40. The molecule has 0 saturated carbocycles. The van der Waals surface area contributed by atoms with Crippen molar-refractivity contribution in [3.8, 4) is 0 Å². The van der Waals surface area contributed by atoms with Gasteiger partial charge in [0.2, 0.25) is 0 Å². The van der Waals surface area contributed by atoms with Crippen molar-refractivity contribution in [1.29, 1.82) is 0 Å². The Kier molecular flexibility index (Phi) is 3.96. The van der Waals surface area contributed by atoms with Crippen LogP contribution in [0.1, 0.15) is 26.7 Å². The molecule has 2 heterocycles. The van der Waals surface area contributed by atoms with E-state index in [0.29, 0.717) is 29.9 Å². The van der Waals surface area contributed by atoms with Gasteiger partial charge in [-0.15, -0.1) is 0 Å². The Morgan fingerprint density at radius 2 is 1.70 bits per heavy atom. The second-order valence-electron chi connectivity index (χ2n) is 5.06. The zero-order valence-corrected chi connectivity index (χ0v) is 12.4. The number of rotatable bonds is 5. The third-order valence-corrected chi connectivity index (χ3v) is 3.24. The molecule has 0 saturated heterocycles. The average Bonchev–Trinajstić information content (AvgIpc) is 2.84. The van der Waals surface area contributed by atoms with Crippen LogP contribution in [0.5, 0.6) is 0 Å². The van der Waals surface area contributed by atoms with Crippen molar-refractivity contribution in [1.82, 2.24) is 19.3 Å². The minimum absolute atomic E-state index is 0.264. The van der Waals surface area contributed by atoms with Crippen molar-refractivity contribution in [3.63, 3.8) is 0 Å².